The van der Waals surface area contributed by atoms with Crippen LogP contribution in [0.3, 0.4) is 0 Å². The SMILES string of the molecule is O=C(CCN1C(=O)C(=Cc2ccccc2Cl)SC1=S)NNC(=O)c1ccccc1Cl. The number of halogens is 2. The average Bonchev–Trinajstić information content (AvgIpc) is 2.99. The minimum absolute atomic E-state index is 0.0470. The van der Waals surface area contributed by atoms with Crippen LogP contribution in [0.4, 0.5) is 0 Å². The van der Waals surface area contributed by atoms with Crippen LogP contribution in [0.25, 0.3) is 6.08 Å². The molecule has 0 bridgehead atoms. The Morgan fingerprint density at radius 3 is 2.40 bits per heavy atom. The standard InChI is InChI=1S/C20H15Cl2N3O3S2/c21-14-7-3-1-5-12(14)11-16-19(28)25(20(29)30-16)10-9-17(26)23-24-18(27)13-6-2-4-8-15(13)22/h1-8,11H,9-10H2,(H,23,26)(H,24,27). The number of nitrogens with one attached hydrogen (secondary N) is 2. The highest BCUT2D eigenvalue weighted by molar-refractivity contribution is 8.26. The van der Waals surface area contributed by atoms with E-state index in [9.17, 15) is 14.4 Å². The number of thiocarbonyl (C=S) groups is 1. The number of rotatable bonds is 5. The van der Waals surface area contributed by atoms with Crippen molar-refractivity contribution in [1.82, 2.24) is 15.8 Å². The first-order valence-electron chi connectivity index (χ1n) is 8.70. The summed E-state index contributed by atoms with van der Waals surface area (Å²) in [6, 6.07) is 13.6. The van der Waals surface area contributed by atoms with Gasteiger partial charge in [-0.3, -0.25) is 30.1 Å². The molecule has 0 spiro atoms. The van der Waals surface area contributed by atoms with Crippen LogP contribution in [0, 0.1) is 0 Å². The number of hydrazine groups is 1. The lowest BCUT2D eigenvalue weighted by Crippen LogP contribution is -2.43. The fraction of sp³-hybridized carbons (Fsp3) is 0.100. The van der Waals surface area contributed by atoms with Crippen molar-refractivity contribution >= 4 is 75.3 Å². The zero-order valence-corrected chi connectivity index (χ0v) is 18.5. The first kappa shape index (κ1) is 22.3. The van der Waals surface area contributed by atoms with E-state index in [0.717, 1.165) is 11.8 Å². The lowest BCUT2D eigenvalue weighted by Gasteiger charge is -2.14. The third kappa shape index (κ3) is 5.40. The maximum atomic E-state index is 12.6. The van der Waals surface area contributed by atoms with Crippen LogP contribution in [-0.2, 0) is 9.59 Å². The largest absolute Gasteiger partial charge is 0.292 e. The molecule has 0 radical (unpaired) electrons. The molecule has 1 fully saturated rings. The first-order valence-corrected chi connectivity index (χ1v) is 10.7. The molecule has 2 aromatic carbocycles. The van der Waals surface area contributed by atoms with E-state index in [0.29, 0.717) is 19.8 Å². The summed E-state index contributed by atoms with van der Waals surface area (Å²) in [4.78, 5) is 38.5. The van der Waals surface area contributed by atoms with Crippen molar-refractivity contribution in [3.05, 3.63) is 74.6 Å². The summed E-state index contributed by atoms with van der Waals surface area (Å²) in [6.07, 6.45) is 1.63. The molecule has 1 saturated heterocycles. The molecule has 154 valence electrons. The molecule has 30 heavy (non-hydrogen) atoms. The van der Waals surface area contributed by atoms with E-state index in [1.165, 1.54) is 11.0 Å². The predicted octanol–water partition coefficient (Wildman–Crippen LogP) is 4.05. The van der Waals surface area contributed by atoms with Gasteiger partial charge in [-0.25, -0.2) is 0 Å². The van der Waals surface area contributed by atoms with E-state index in [2.05, 4.69) is 10.9 Å². The Labute approximate surface area is 192 Å². The third-order valence-electron chi connectivity index (χ3n) is 4.06. The van der Waals surface area contributed by atoms with Crippen molar-refractivity contribution in [1.29, 1.82) is 0 Å². The molecule has 6 nitrogen and oxygen atoms in total. The Morgan fingerprint density at radius 1 is 1.03 bits per heavy atom. The summed E-state index contributed by atoms with van der Waals surface area (Å²) >= 11 is 18.5. The van der Waals surface area contributed by atoms with E-state index >= 15 is 0 Å². The van der Waals surface area contributed by atoms with Gasteiger partial charge in [0, 0.05) is 18.0 Å². The number of carbonyl (C=O) groups is 3. The molecule has 2 aromatic rings. The fourth-order valence-corrected chi connectivity index (χ4v) is 4.25. The molecule has 3 rings (SSSR count). The van der Waals surface area contributed by atoms with Crippen molar-refractivity contribution in [2.24, 2.45) is 0 Å². The topological polar surface area (TPSA) is 78.5 Å². The number of hydrogen-bond acceptors (Lipinski definition) is 5. The van der Waals surface area contributed by atoms with Crippen molar-refractivity contribution in [3.63, 3.8) is 0 Å². The number of benzene rings is 2. The molecule has 0 atom stereocenters. The van der Waals surface area contributed by atoms with Crippen LogP contribution in [0.5, 0.6) is 0 Å². The number of carbonyl (C=O) groups excluding carboxylic acids is 3. The molecule has 3 amide bonds. The van der Waals surface area contributed by atoms with Gasteiger partial charge in [0.15, 0.2) is 0 Å². The van der Waals surface area contributed by atoms with Gasteiger partial charge in [0.05, 0.1) is 15.5 Å². The minimum atomic E-state index is -0.540. The van der Waals surface area contributed by atoms with E-state index in [1.807, 2.05) is 6.07 Å². The Bertz CT molecular complexity index is 1060. The van der Waals surface area contributed by atoms with Crippen LogP contribution in [-0.4, -0.2) is 33.5 Å². The van der Waals surface area contributed by atoms with Gasteiger partial charge in [0.25, 0.3) is 11.8 Å². The second kappa shape index (κ2) is 10.1. The summed E-state index contributed by atoms with van der Waals surface area (Å²) in [5, 5.41) is 0.795. The van der Waals surface area contributed by atoms with E-state index in [4.69, 9.17) is 35.4 Å². The Morgan fingerprint density at radius 2 is 1.70 bits per heavy atom. The highest BCUT2D eigenvalue weighted by atomic mass is 35.5. The summed E-state index contributed by atoms with van der Waals surface area (Å²) in [5.74, 6) is -1.31. The van der Waals surface area contributed by atoms with Crippen molar-refractivity contribution in [3.8, 4) is 0 Å². The van der Waals surface area contributed by atoms with Crippen molar-refractivity contribution in [2.75, 3.05) is 6.54 Å². The molecule has 1 heterocycles. The maximum absolute atomic E-state index is 12.6. The third-order valence-corrected chi connectivity index (χ3v) is 6.11. The summed E-state index contributed by atoms with van der Waals surface area (Å²) in [6.45, 7) is 0.0817. The molecule has 2 N–H and O–H groups in total. The molecule has 10 heteroatoms. The quantitative estimate of drug-likeness (QED) is 0.384. The molecule has 0 aliphatic carbocycles. The zero-order chi connectivity index (χ0) is 21.7. The second-order valence-corrected chi connectivity index (χ2v) is 8.58. The number of hydrogen-bond donors (Lipinski definition) is 2. The molecular formula is C20H15Cl2N3O3S2. The van der Waals surface area contributed by atoms with Crippen LogP contribution >= 0.6 is 47.2 Å². The average molecular weight is 480 g/mol. The molecule has 1 aliphatic rings. The van der Waals surface area contributed by atoms with Crippen LogP contribution in [0.1, 0.15) is 22.3 Å². The molecule has 1 aliphatic heterocycles. The van der Waals surface area contributed by atoms with E-state index < -0.39 is 11.8 Å². The summed E-state index contributed by atoms with van der Waals surface area (Å²) in [7, 11) is 0. The van der Waals surface area contributed by atoms with Gasteiger partial charge in [-0.2, -0.15) is 0 Å². The van der Waals surface area contributed by atoms with Crippen molar-refractivity contribution in [2.45, 2.75) is 6.42 Å². The maximum Gasteiger partial charge on any atom is 0.271 e. The molecular weight excluding hydrogens is 465 g/mol. The number of amides is 3. The molecule has 0 saturated carbocycles. The highest BCUT2D eigenvalue weighted by Crippen LogP contribution is 2.33. The molecule has 0 aromatic heterocycles. The smallest absolute Gasteiger partial charge is 0.271 e. The fourth-order valence-electron chi connectivity index (χ4n) is 2.54. The van der Waals surface area contributed by atoms with Crippen LogP contribution in [0.15, 0.2) is 53.4 Å². The number of thioether (sulfide) groups is 1. The minimum Gasteiger partial charge on any atom is -0.292 e. The van der Waals surface area contributed by atoms with Crippen LogP contribution in [0.2, 0.25) is 10.0 Å². The van der Waals surface area contributed by atoms with Gasteiger partial charge >= 0.3 is 0 Å². The Balaban J connectivity index is 1.54. The van der Waals surface area contributed by atoms with Crippen LogP contribution < -0.4 is 10.9 Å². The van der Waals surface area contributed by atoms with Gasteiger partial charge in [-0.15, -0.1) is 0 Å². The normalized spacial score (nSPS) is 14.9. The van der Waals surface area contributed by atoms with Gasteiger partial charge in [0.1, 0.15) is 4.32 Å². The molecule has 0 unspecified atom stereocenters. The van der Waals surface area contributed by atoms with Gasteiger partial charge in [-0.05, 0) is 29.8 Å². The zero-order valence-electron chi connectivity index (χ0n) is 15.4. The monoisotopic (exact) mass is 479 g/mol. The highest BCUT2D eigenvalue weighted by Gasteiger charge is 2.32. The Hall–Kier alpha value is -2.39. The van der Waals surface area contributed by atoms with Gasteiger partial charge < -0.3 is 0 Å². The Kier molecular flexibility index (Phi) is 7.49. The van der Waals surface area contributed by atoms with E-state index in [1.54, 1.807) is 42.5 Å². The summed E-state index contributed by atoms with van der Waals surface area (Å²) < 4.78 is 0.353. The van der Waals surface area contributed by atoms with Crippen molar-refractivity contribution < 1.29 is 14.4 Å². The second-order valence-electron chi connectivity index (χ2n) is 6.09. The number of nitrogens with zero attached hydrogens (tertiary/aromatic N) is 1. The summed E-state index contributed by atoms with van der Waals surface area (Å²) in [5.41, 5.74) is 5.54. The lowest BCUT2D eigenvalue weighted by molar-refractivity contribution is -0.124. The van der Waals surface area contributed by atoms with Gasteiger partial charge in [0.2, 0.25) is 5.91 Å². The lowest BCUT2D eigenvalue weighted by atomic mass is 10.2. The van der Waals surface area contributed by atoms with E-state index in [-0.39, 0.29) is 29.5 Å². The first-order chi connectivity index (χ1) is 14.4. The predicted molar refractivity (Wildman–Crippen MR) is 123 cm³/mol. The van der Waals surface area contributed by atoms with Gasteiger partial charge in [-0.1, -0.05) is 77.5 Å².